The lowest BCUT2D eigenvalue weighted by Crippen LogP contribution is -2.28. The summed E-state index contributed by atoms with van der Waals surface area (Å²) in [6.07, 6.45) is 4.23. The van der Waals surface area contributed by atoms with Crippen LogP contribution in [0.4, 0.5) is 0 Å². The molecule has 0 radical (unpaired) electrons. The quantitative estimate of drug-likeness (QED) is 0.243. The van der Waals surface area contributed by atoms with Crippen molar-refractivity contribution < 1.29 is 13.9 Å². The largest absolute Gasteiger partial charge is 0.496 e. The molecule has 3 heterocycles. The Hall–Kier alpha value is -2.65. The number of oxazole rings is 1. The molecular formula is C25H31N5O3S. The molecule has 0 unspecified atom stereocenters. The van der Waals surface area contributed by atoms with Crippen molar-refractivity contribution in [1.82, 2.24) is 24.6 Å². The fourth-order valence-corrected chi connectivity index (χ4v) is 6.07. The van der Waals surface area contributed by atoms with Gasteiger partial charge in [-0.2, -0.15) is 0 Å². The predicted octanol–water partition coefficient (Wildman–Crippen LogP) is 4.14. The molecule has 8 nitrogen and oxygen atoms in total. The molecule has 1 saturated heterocycles. The first-order valence-corrected chi connectivity index (χ1v) is 12.8. The van der Waals surface area contributed by atoms with E-state index in [0.29, 0.717) is 29.7 Å². The number of hydrogen-bond acceptors (Lipinski definition) is 8. The van der Waals surface area contributed by atoms with Gasteiger partial charge in [0.25, 0.3) is 0 Å². The van der Waals surface area contributed by atoms with Gasteiger partial charge in [0.05, 0.1) is 18.4 Å². The van der Waals surface area contributed by atoms with E-state index in [1.807, 2.05) is 31.5 Å². The van der Waals surface area contributed by atoms with Gasteiger partial charge in [0, 0.05) is 37.7 Å². The molecule has 9 heteroatoms. The maximum Gasteiger partial charge on any atom is 0.202 e. The van der Waals surface area contributed by atoms with E-state index in [-0.39, 0.29) is 11.2 Å². The van der Waals surface area contributed by atoms with Crippen molar-refractivity contribution in [3.05, 3.63) is 41.4 Å². The number of aryl methyl sites for hydroxylation is 1. The first-order chi connectivity index (χ1) is 16.5. The molecule has 5 rings (SSSR count). The lowest BCUT2D eigenvalue weighted by Gasteiger charge is -2.21. The van der Waals surface area contributed by atoms with Crippen molar-refractivity contribution >= 4 is 17.5 Å². The number of carbonyl (C=O) groups is 1. The van der Waals surface area contributed by atoms with E-state index in [1.54, 1.807) is 18.9 Å². The highest BCUT2D eigenvalue weighted by molar-refractivity contribution is 7.99. The SMILES string of the molecule is CCC(=O)c1cc([C@]23C[C@H]2CN(CCCSc2nnc(-c4ocnc4C)n2C)C3)ccc1OC. The summed E-state index contributed by atoms with van der Waals surface area (Å²) in [6, 6.07) is 6.22. The Balaban J connectivity index is 1.16. The maximum absolute atomic E-state index is 12.4. The number of thioether (sulfide) groups is 1. The minimum Gasteiger partial charge on any atom is -0.496 e. The van der Waals surface area contributed by atoms with Crippen molar-refractivity contribution in [1.29, 1.82) is 0 Å². The highest BCUT2D eigenvalue weighted by Crippen LogP contribution is 2.59. The van der Waals surface area contributed by atoms with Crippen LogP contribution in [0.25, 0.3) is 11.6 Å². The Morgan fingerprint density at radius 3 is 2.94 bits per heavy atom. The van der Waals surface area contributed by atoms with E-state index in [2.05, 4.69) is 32.2 Å². The maximum atomic E-state index is 12.4. The van der Waals surface area contributed by atoms with E-state index in [9.17, 15) is 4.79 Å². The average molecular weight is 482 g/mol. The van der Waals surface area contributed by atoms with Gasteiger partial charge in [0.1, 0.15) is 5.75 Å². The number of ether oxygens (including phenoxy) is 1. The lowest BCUT2D eigenvalue weighted by atomic mass is 9.92. The van der Waals surface area contributed by atoms with Crippen LogP contribution in [0.3, 0.4) is 0 Å². The molecule has 3 aromatic rings. The van der Waals surface area contributed by atoms with Crippen LogP contribution in [0.2, 0.25) is 0 Å². The molecule has 2 fully saturated rings. The number of nitrogens with zero attached hydrogens (tertiary/aromatic N) is 5. The molecule has 2 aromatic heterocycles. The van der Waals surface area contributed by atoms with Gasteiger partial charge >= 0.3 is 0 Å². The third-order valence-corrected chi connectivity index (χ3v) is 8.35. The summed E-state index contributed by atoms with van der Waals surface area (Å²) < 4.78 is 12.9. The smallest absolute Gasteiger partial charge is 0.202 e. The molecule has 1 aliphatic heterocycles. The van der Waals surface area contributed by atoms with Gasteiger partial charge in [-0.05, 0) is 49.9 Å². The molecular weight excluding hydrogens is 450 g/mol. The highest BCUT2D eigenvalue weighted by Gasteiger charge is 2.60. The lowest BCUT2D eigenvalue weighted by molar-refractivity contribution is 0.0985. The first-order valence-electron chi connectivity index (χ1n) is 11.8. The normalized spacial score (nSPS) is 21.6. The average Bonchev–Trinajstić information content (AvgIpc) is 3.13. The number of ketones is 1. The van der Waals surface area contributed by atoms with Gasteiger partial charge in [-0.15, -0.1) is 10.2 Å². The Kier molecular flexibility index (Phi) is 6.24. The summed E-state index contributed by atoms with van der Waals surface area (Å²) in [5.41, 5.74) is 3.04. The summed E-state index contributed by atoms with van der Waals surface area (Å²) >= 11 is 1.72. The van der Waals surface area contributed by atoms with Crippen molar-refractivity contribution in [3.63, 3.8) is 0 Å². The summed E-state index contributed by atoms with van der Waals surface area (Å²) in [6.45, 7) is 7.06. The second kappa shape index (κ2) is 9.19. The standard InChI is InChI=1S/C25H31N5O3S/c1-5-20(31)19-11-17(7-8-21(19)32-4)25-12-18(25)13-30(14-25)9-6-10-34-24-28-27-23(29(24)3)22-16(2)26-15-33-22/h7-8,11,15,18H,5-6,9-10,12-14H2,1-4H3/t18-,25+/m0/s1. The summed E-state index contributed by atoms with van der Waals surface area (Å²) in [4.78, 5) is 19.1. The van der Waals surface area contributed by atoms with E-state index < -0.39 is 0 Å². The number of fused-ring (bicyclic) bond motifs is 1. The number of aromatic nitrogens is 4. The monoisotopic (exact) mass is 481 g/mol. The van der Waals surface area contributed by atoms with Crippen LogP contribution >= 0.6 is 11.8 Å². The third kappa shape index (κ3) is 4.05. The number of benzene rings is 1. The van der Waals surface area contributed by atoms with E-state index in [1.165, 1.54) is 18.4 Å². The van der Waals surface area contributed by atoms with E-state index in [4.69, 9.17) is 9.15 Å². The van der Waals surface area contributed by atoms with Gasteiger partial charge in [0.2, 0.25) is 5.82 Å². The molecule has 180 valence electrons. The molecule has 0 N–H and O–H groups in total. The predicted molar refractivity (Wildman–Crippen MR) is 130 cm³/mol. The third-order valence-electron chi connectivity index (χ3n) is 7.25. The second-order valence-corrected chi connectivity index (χ2v) is 10.4. The molecule has 2 aliphatic rings. The number of methoxy groups -OCH3 is 1. The fraction of sp³-hybridized carbons (Fsp3) is 0.520. The first kappa shape index (κ1) is 23.1. The second-order valence-electron chi connectivity index (χ2n) is 9.32. The molecule has 2 atom stereocenters. The summed E-state index contributed by atoms with van der Waals surface area (Å²) in [5, 5.41) is 9.51. The zero-order chi connectivity index (χ0) is 23.9. The number of carbonyl (C=O) groups excluding carboxylic acids is 1. The number of piperidine rings is 1. The number of likely N-dealkylation sites (tertiary alicyclic amines) is 1. The van der Waals surface area contributed by atoms with Crippen LogP contribution in [-0.2, 0) is 12.5 Å². The molecule has 0 spiro atoms. The zero-order valence-electron chi connectivity index (χ0n) is 20.2. The van der Waals surface area contributed by atoms with E-state index >= 15 is 0 Å². The number of Topliss-reactive ketones (excluding diaryl/α,β-unsaturated/α-hetero) is 1. The minimum atomic E-state index is 0.143. The topological polar surface area (TPSA) is 86.3 Å². The van der Waals surface area contributed by atoms with Crippen LogP contribution in [0.5, 0.6) is 5.75 Å². The van der Waals surface area contributed by atoms with Crippen molar-refractivity contribution in [3.8, 4) is 17.3 Å². The van der Waals surface area contributed by atoms with Crippen molar-refractivity contribution in [2.45, 2.75) is 43.7 Å². The Morgan fingerprint density at radius 2 is 2.21 bits per heavy atom. The summed E-state index contributed by atoms with van der Waals surface area (Å²) in [7, 11) is 3.59. The van der Waals surface area contributed by atoms with Gasteiger partial charge in [-0.25, -0.2) is 4.98 Å². The molecule has 34 heavy (non-hydrogen) atoms. The van der Waals surface area contributed by atoms with Crippen LogP contribution in [0.1, 0.15) is 47.8 Å². The van der Waals surface area contributed by atoms with Crippen LogP contribution < -0.4 is 4.74 Å². The van der Waals surface area contributed by atoms with Gasteiger partial charge in [-0.3, -0.25) is 4.79 Å². The van der Waals surface area contributed by atoms with Crippen LogP contribution in [0.15, 0.2) is 34.2 Å². The van der Waals surface area contributed by atoms with Crippen molar-refractivity contribution in [2.24, 2.45) is 13.0 Å². The van der Waals surface area contributed by atoms with Crippen LogP contribution in [-0.4, -0.2) is 62.9 Å². The number of hydrogen-bond donors (Lipinski definition) is 0. The van der Waals surface area contributed by atoms with Gasteiger partial charge < -0.3 is 18.6 Å². The molecule has 0 amide bonds. The van der Waals surface area contributed by atoms with Gasteiger partial charge in [-0.1, -0.05) is 24.8 Å². The fourth-order valence-electron chi connectivity index (χ4n) is 5.24. The van der Waals surface area contributed by atoms with Crippen LogP contribution in [0, 0.1) is 12.8 Å². The molecule has 1 aromatic carbocycles. The molecule has 1 aliphatic carbocycles. The van der Waals surface area contributed by atoms with Gasteiger partial charge in [0.15, 0.2) is 23.1 Å². The Bertz CT molecular complexity index is 1210. The highest BCUT2D eigenvalue weighted by atomic mass is 32.2. The number of rotatable bonds is 10. The minimum absolute atomic E-state index is 0.143. The molecule has 0 bridgehead atoms. The Labute approximate surface area is 204 Å². The van der Waals surface area contributed by atoms with Crippen molar-refractivity contribution in [2.75, 3.05) is 32.5 Å². The van der Waals surface area contributed by atoms with E-state index in [0.717, 1.165) is 48.2 Å². The zero-order valence-corrected chi connectivity index (χ0v) is 21.0. The Morgan fingerprint density at radius 1 is 1.35 bits per heavy atom. The summed E-state index contributed by atoms with van der Waals surface area (Å²) in [5.74, 6) is 3.87. The molecule has 1 saturated carbocycles.